The smallest absolute Gasteiger partial charge is 0.141 e. The van der Waals surface area contributed by atoms with Gasteiger partial charge in [-0.2, -0.15) is 0 Å². The van der Waals surface area contributed by atoms with E-state index in [1.165, 1.54) is 16.6 Å². The molecule has 4 aromatic rings. The molecule has 0 aliphatic rings. The molecule has 0 aliphatic heterocycles. The number of benzene rings is 3. The largest absolute Gasteiger partial charge is 0.493 e. The molecule has 1 heterocycles. The van der Waals surface area contributed by atoms with Gasteiger partial charge in [-0.15, -0.1) is 0 Å². The van der Waals surface area contributed by atoms with Crippen molar-refractivity contribution in [2.45, 2.75) is 33.2 Å². The molecule has 29 heavy (non-hydrogen) atoms. The van der Waals surface area contributed by atoms with Crippen LogP contribution in [0.2, 0.25) is 0 Å². The number of hydrogen-bond acceptors (Lipinski definition) is 2. The van der Waals surface area contributed by atoms with Crippen molar-refractivity contribution in [3.8, 4) is 17.1 Å². The van der Waals surface area contributed by atoms with Gasteiger partial charge in [0.2, 0.25) is 0 Å². The second-order valence-corrected chi connectivity index (χ2v) is 8.33. The zero-order valence-electron chi connectivity index (χ0n) is 16.9. The lowest BCUT2D eigenvalue weighted by molar-refractivity contribution is 0.301. The standard InChI is InChI=1S/C25H25BrN2O/c1-18-12-13-24(19(2)16-18)29-15-6-5-14-28-23-11-4-3-10-22(23)27-25(28)20-8-7-9-21(26)17-20/h3-4,7-13,16-17H,5-6,14-15H2,1-2H3. The number of fused-ring (bicyclic) bond motifs is 1. The number of aromatic nitrogens is 2. The molecule has 0 radical (unpaired) electrons. The van der Waals surface area contributed by atoms with Crippen LogP contribution in [-0.4, -0.2) is 16.2 Å². The summed E-state index contributed by atoms with van der Waals surface area (Å²) in [6.07, 6.45) is 2.03. The summed E-state index contributed by atoms with van der Waals surface area (Å²) < 4.78 is 9.39. The summed E-state index contributed by atoms with van der Waals surface area (Å²) in [6.45, 7) is 5.85. The van der Waals surface area contributed by atoms with Crippen molar-refractivity contribution in [3.63, 3.8) is 0 Å². The highest BCUT2D eigenvalue weighted by Gasteiger charge is 2.12. The Morgan fingerprint density at radius 3 is 2.62 bits per heavy atom. The predicted octanol–water partition coefficient (Wildman–Crippen LogP) is 6.94. The van der Waals surface area contributed by atoms with Crippen molar-refractivity contribution in [3.05, 3.63) is 82.3 Å². The Bertz CT molecular complexity index is 1130. The molecule has 0 saturated heterocycles. The van der Waals surface area contributed by atoms with Gasteiger partial charge in [-0.25, -0.2) is 4.98 Å². The number of aryl methyl sites for hydroxylation is 3. The summed E-state index contributed by atoms with van der Waals surface area (Å²) in [5.41, 5.74) is 5.80. The Kier molecular flexibility index (Phi) is 6.00. The fourth-order valence-corrected chi connectivity index (χ4v) is 4.06. The first-order valence-corrected chi connectivity index (χ1v) is 10.8. The zero-order valence-corrected chi connectivity index (χ0v) is 18.4. The van der Waals surface area contributed by atoms with Crippen LogP contribution in [-0.2, 0) is 6.54 Å². The van der Waals surface area contributed by atoms with Crippen LogP contribution < -0.4 is 4.74 Å². The first-order valence-electron chi connectivity index (χ1n) is 10.0. The third-order valence-electron chi connectivity index (χ3n) is 5.10. The van der Waals surface area contributed by atoms with Crippen LogP contribution in [0.25, 0.3) is 22.4 Å². The Morgan fingerprint density at radius 2 is 1.79 bits per heavy atom. The molecule has 0 saturated carbocycles. The van der Waals surface area contributed by atoms with Gasteiger partial charge < -0.3 is 9.30 Å². The molecule has 0 amide bonds. The highest BCUT2D eigenvalue weighted by atomic mass is 79.9. The fourth-order valence-electron chi connectivity index (χ4n) is 3.67. The quantitative estimate of drug-likeness (QED) is 0.286. The second-order valence-electron chi connectivity index (χ2n) is 7.41. The molecule has 0 atom stereocenters. The topological polar surface area (TPSA) is 27.1 Å². The van der Waals surface area contributed by atoms with Crippen molar-refractivity contribution < 1.29 is 4.74 Å². The summed E-state index contributed by atoms with van der Waals surface area (Å²) in [5, 5.41) is 0. The Balaban J connectivity index is 1.46. The van der Waals surface area contributed by atoms with Gasteiger partial charge in [0.05, 0.1) is 17.6 Å². The molecule has 4 heteroatoms. The van der Waals surface area contributed by atoms with E-state index in [2.05, 4.69) is 88.9 Å². The van der Waals surface area contributed by atoms with Crippen LogP contribution in [0, 0.1) is 13.8 Å². The molecule has 4 rings (SSSR count). The molecule has 3 aromatic carbocycles. The molecule has 0 spiro atoms. The SMILES string of the molecule is Cc1ccc(OCCCCn2c(-c3cccc(Br)c3)nc3ccccc32)c(C)c1. The van der Waals surface area contributed by atoms with E-state index in [-0.39, 0.29) is 0 Å². The average molecular weight is 449 g/mol. The van der Waals surface area contributed by atoms with E-state index in [0.717, 1.165) is 53.1 Å². The van der Waals surface area contributed by atoms with Gasteiger partial charge in [-0.05, 0) is 62.6 Å². The molecular weight excluding hydrogens is 424 g/mol. The molecular formula is C25H25BrN2O. The van der Waals surface area contributed by atoms with Gasteiger partial charge in [0.25, 0.3) is 0 Å². The van der Waals surface area contributed by atoms with Crippen LogP contribution in [0.3, 0.4) is 0 Å². The maximum absolute atomic E-state index is 6.00. The first-order chi connectivity index (χ1) is 14.1. The van der Waals surface area contributed by atoms with Crippen molar-refractivity contribution in [1.82, 2.24) is 9.55 Å². The first kappa shape index (κ1) is 19.7. The molecule has 0 aliphatic carbocycles. The summed E-state index contributed by atoms with van der Waals surface area (Å²) >= 11 is 3.58. The molecule has 1 aromatic heterocycles. The molecule has 0 fully saturated rings. The van der Waals surface area contributed by atoms with E-state index in [1.807, 2.05) is 12.1 Å². The maximum Gasteiger partial charge on any atom is 0.141 e. The average Bonchev–Trinajstić information content (AvgIpc) is 3.08. The second kappa shape index (κ2) is 8.83. The molecule has 148 valence electrons. The van der Waals surface area contributed by atoms with Crippen LogP contribution in [0.5, 0.6) is 5.75 Å². The summed E-state index contributed by atoms with van der Waals surface area (Å²) in [5.74, 6) is 2.00. The number of imidazole rings is 1. The lowest BCUT2D eigenvalue weighted by atomic mass is 10.1. The van der Waals surface area contributed by atoms with E-state index in [9.17, 15) is 0 Å². The zero-order chi connectivity index (χ0) is 20.2. The third-order valence-corrected chi connectivity index (χ3v) is 5.59. The van der Waals surface area contributed by atoms with Gasteiger partial charge in [0, 0.05) is 16.6 Å². The van der Waals surface area contributed by atoms with Gasteiger partial charge in [0.1, 0.15) is 11.6 Å². The van der Waals surface area contributed by atoms with Gasteiger partial charge >= 0.3 is 0 Å². The number of para-hydroxylation sites is 2. The van der Waals surface area contributed by atoms with Crippen molar-refractivity contribution >= 4 is 27.0 Å². The minimum atomic E-state index is 0.725. The van der Waals surface area contributed by atoms with Gasteiger partial charge in [0.15, 0.2) is 0 Å². The van der Waals surface area contributed by atoms with E-state index < -0.39 is 0 Å². The monoisotopic (exact) mass is 448 g/mol. The number of unbranched alkanes of at least 4 members (excludes halogenated alkanes) is 1. The number of rotatable bonds is 7. The van der Waals surface area contributed by atoms with E-state index in [0.29, 0.717) is 0 Å². The van der Waals surface area contributed by atoms with Crippen LogP contribution in [0.4, 0.5) is 0 Å². The Labute approximate surface area is 180 Å². The number of nitrogens with zero attached hydrogens (tertiary/aromatic N) is 2. The molecule has 0 bridgehead atoms. The minimum Gasteiger partial charge on any atom is -0.493 e. The summed E-state index contributed by atoms with van der Waals surface area (Å²) in [6, 6.07) is 23.0. The van der Waals surface area contributed by atoms with Crippen molar-refractivity contribution in [2.24, 2.45) is 0 Å². The van der Waals surface area contributed by atoms with Gasteiger partial charge in [-0.1, -0.05) is 57.9 Å². The molecule has 0 unspecified atom stereocenters. The highest BCUT2D eigenvalue weighted by molar-refractivity contribution is 9.10. The maximum atomic E-state index is 6.00. The van der Waals surface area contributed by atoms with Crippen molar-refractivity contribution in [1.29, 1.82) is 0 Å². The minimum absolute atomic E-state index is 0.725. The van der Waals surface area contributed by atoms with Crippen LogP contribution in [0.15, 0.2) is 71.2 Å². The summed E-state index contributed by atoms with van der Waals surface area (Å²) in [7, 11) is 0. The van der Waals surface area contributed by atoms with Crippen LogP contribution >= 0.6 is 15.9 Å². The number of halogens is 1. The van der Waals surface area contributed by atoms with Gasteiger partial charge in [-0.3, -0.25) is 0 Å². The third kappa shape index (κ3) is 4.54. The van der Waals surface area contributed by atoms with Crippen molar-refractivity contribution in [2.75, 3.05) is 6.61 Å². The lowest BCUT2D eigenvalue weighted by Gasteiger charge is -2.12. The predicted molar refractivity (Wildman–Crippen MR) is 124 cm³/mol. The highest BCUT2D eigenvalue weighted by Crippen LogP contribution is 2.27. The molecule has 3 nitrogen and oxygen atoms in total. The lowest BCUT2D eigenvalue weighted by Crippen LogP contribution is -2.04. The molecule has 0 N–H and O–H groups in total. The Morgan fingerprint density at radius 1 is 0.931 bits per heavy atom. The number of hydrogen-bond donors (Lipinski definition) is 0. The van der Waals surface area contributed by atoms with E-state index in [4.69, 9.17) is 9.72 Å². The van der Waals surface area contributed by atoms with Crippen LogP contribution in [0.1, 0.15) is 24.0 Å². The summed E-state index contributed by atoms with van der Waals surface area (Å²) in [4.78, 5) is 4.90. The Hall–Kier alpha value is -2.59. The van der Waals surface area contributed by atoms with E-state index in [1.54, 1.807) is 0 Å². The van der Waals surface area contributed by atoms with E-state index >= 15 is 0 Å². The fraction of sp³-hybridized carbons (Fsp3) is 0.240. The normalized spacial score (nSPS) is 11.1. The number of ether oxygens (including phenoxy) is 1.